The molecular weight excluding hydrogens is 402 g/mol. The maximum atomic E-state index is 12.4. The maximum absolute atomic E-state index is 12.4. The fourth-order valence-corrected chi connectivity index (χ4v) is 3.47. The van der Waals surface area contributed by atoms with E-state index in [-0.39, 0.29) is 11.4 Å². The summed E-state index contributed by atoms with van der Waals surface area (Å²) in [6, 6.07) is 17.8. The number of rotatable bonds is 6. The Morgan fingerprint density at radius 3 is 2.28 bits per heavy atom. The van der Waals surface area contributed by atoms with Crippen molar-refractivity contribution in [1.82, 2.24) is 9.71 Å². The molecule has 3 aromatic rings. The monoisotopic (exact) mass is 417 g/mol. The van der Waals surface area contributed by atoms with E-state index in [1.165, 1.54) is 0 Å². The van der Waals surface area contributed by atoms with Crippen molar-refractivity contribution in [3.05, 3.63) is 83.1 Å². The summed E-state index contributed by atoms with van der Waals surface area (Å²) in [5.41, 5.74) is 2.52. The van der Waals surface area contributed by atoms with Crippen LogP contribution in [-0.2, 0) is 16.6 Å². The van der Waals surface area contributed by atoms with Gasteiger partial charge in [0.05, 0.1) is 16.8 Å². The number of aromatic nitrogens is 1. The lowest BCUT2D eigenvalue weighted by atomic mass is 10.2. The van der Waals surface area contributed by atoms with Gasteiger partial charge >= 0.3 is 0 Å². The first-order chi connectivity index (χ1) is 12.0. The summed E-state index contributed by atoms with van der Waals surface area (Å²) in [4.78, 5) is 4.25. The van der Waals surface area contributed by atoms with Gasteiger partial charge in [0.2, 0.25) is 10.0 Å². The molecule has 0 atom stereocenters. The topological polar surface area (TPSA) is 71.1 Å². The number of pyridine rings is 1. The minimum atomic E-state index is -3.56. The molecule has 0 saturated carbocycles. The standard InChI is InChI=1S/C18H16BrN3O2S/c19-15-5-3-14(4-6-15)12-21-25(23,24)18-9-7-16(8-10-18)22-17-2-1-11-20-13-17/h1-11,13,21-22H,12H2. The van der Waals surface area contributed by atoms with Crippen LogP contribution >= 0.6 is 15.9 Å². The molecule has 1 aromatic heterocycles. The molecule has 0 unspecified atom stereocenters. The van der Waals surface area contributed by atoms with Crippen molar-refractivity contribution in [2.45, 2.75) is 11.4 Å². The minimum Gasteiger partial charge on any atom is -0.354 e. The molecule has 0 aliphatic rings. The van der Waals surface area contributed by atoms with Gasteiger partial charge in [-0.3, -0.25) is 4.98 Å². The van der Waals surface area contributed by atoms with E-state index in [0.717, 1.165) is 21.4 Å². The van der Waals surface area contributed by atoms with Gasteiger partial charge in [-0.25, -0.2) is 13.1 Å². The fourth-order valence-electron chi connectivity index (χ4n) is 2.18. The van der Waals surface area contributed by atoms with Crippen LogP contribution in [0.25, 0.3) is 0 Å². The van der Waals surface area contributed by atoms with Crippen LogP contribution in [0.1, 0.15) is 5.56 Å². The van der Waals surface area contributed by atoms with Crippen molar-refractivity contribution >= 4 is 37.3 Å². The molecule has 0 fully saturated rings. The van der Waals surface area contributed by atoms with E-state index >= 15 is 0 Å². The second-order valence-electron chi connectivity index (χ2n) is 5.34. The van der Waals surface area contributed by atoms with Gasteiger partial charge in [0, 0.05) is 22.9 Å². The Hall–Kier alpha value is -2.22. The molecule has 2 aromatic carbocycles. The molecule has 0 radical (unpaired) electrons. The first-order valence-electron chi connectivity index (χ1n) is 7.54. The third kappa shape index (κ3) is 4.88. The van der Waals surface area contributed by atoms with Crippen LogP contribution in [0, 0.1) is 0 Å². The summed E-state index contributed by atoms with van der Waals surface area (Å²) in [6.07, 6.45) is 3.39. The Balaban J connectivity index is 1.66. The Kier molecular flexibility index (Phi) is 5.47. The highest BCUT2D eigenvalue weighted by atomic mass is 79.9. The third-order valence-corrected chi connectivity index (χ3v) is 5.44. The van der Waals surface area contributed by atoms with Crippen LogP contribution in [-0.4, -0.2) is 13.4 Å². The molecule has 0 aliphatic heterocycles. The average molecular weight is 418 g/mol. The second-order valence-corrected chi connectivity index (χ2v) is 8.02. The number of benzene rings is 2. The van der Waals surface area contributed by atoms with Crippen molar-refractivity contribution < 1.29 is 8.42 Å². The second kappa shape index (κ2) is 7.77. The van der Waals surface area contributed by atoms with Crippen molar-refractivity contribution in [2.75, 3.05) is 5.32 Å². The molecule has 0 aliphatic carbocycles. The van der Waals surface area contributed by atoms with E-state index in [1.807, 2.05) is 36.4 Å². The molecule has 1 heterocycles. The molecule has 5 nitrogen and oxygen atoms in total. The van der Waals surface area contributed by atoms with E-state index in [4.69, 9.17) is 0 Å². The van der Waals surface area contributed by atoms with Gasteiger partial charge in [-0.15, -0.1) is 0 Å². The molecule has 0 spiro atoms. The van der Waals surface area contributed by atoms with E-state index in [0.29, 0.717) is 0 Å². The van der Waals surface area contributed by atoms with Crippen LogP contribution in [0.3, 0.4) is 0 Å². The molecule has 128 valence electrons. The third-order valence-electron chi connectivity index (χ3n) is 3.49. The van der Waals surface area contributed by atoms with Crippen molar-refractivity contribution in [2.24, 2.45) is 0 Å². The van der Waals surface area contributed by atoms with E-state index in [9.17, 15) is 8.42 Å². The number of nitrogens with zero attached hydrogens (tertiary/aromatic N) is 1. The van der Waals surface area contributed by atoms with Gasteiger partial charge in [-0.05, 0) is 54.1 Å². The first-order valence-corrected chi connectivity index (χ1v) is 9.82. The molecular formula is C18H16BrN3O2S. The van der Waals surface area contributed by atoms with Crippen molar-refractivity contribution in [3.63, 3.8) is 0 Å². The zero-order chi connectivity index (χ0) is 17.7. The highest BCUT2D eigenvalue weighted by molar-refractivity contribution is 9.10. The first kappa shape index (κ1) is 17.6. The van der Waals surface area contributed by atoms with Crippen LogP contribution < -0.4 is 10.0 Å². The van der Waals surface area contributed by atoms with E-state index < -0.39 is 10.0 Å². The van der Waals surface area contributed by atoms with Gasteiger partial charge in [0.1, 0.15) is 0 Å². The number of halogens is 1. The van der Waals surface area contributed by atoms with Gasteiger partial charge in [-0.2, -0.15) is 0 Å². The predicted octanol–water partition coefficient (Wildman–Crippen LogP) is 4.07. The largest absolute Gasteiger partial charge is 0.354 e. The normalized spacial score (nSPS) is 11.2. The van der Waals surface area contributed by atoms with Gasteiger partial charge in [0.15, 0.2) is 0 Å². The maximum Gasteiger partial charge on any atom is 0.240 e. The van der Waals surface area contributed by atoms with Gasteiger partial charge in [-0.1, -0.05) is 28.1 Å². The van der Waals surface area contributed by atoms with Crippen LogP contribution in [0.15, 0.2) is 82.4 Å². The Morgan fingerprint density at radius 2 is 1.64 bits per heavy atom. The number of sulfonamides is 1. The Bertz CT molecular complexity index is 928. The number of nitrogens with one attached hydrogen (secondary N) is 2. The Morgan fingerprint density at radius 1 is 0.920 bits per heavy atom. The van der Waals surface area contributed by atoms with Crippen molar-refractivity contribution in [3.8, 4) is 0 Å². The summed E-state index contributed by atoms with van der Waals surface area (Å²) in [6.45, 7) is 0.241. The smallest absolute Gasteiger partial charge is 0.240 e. The van der Waals surface area contributed by atoms with Gasteiger partial charge in [0.25, 0.3) is 0 Å². The molecule has 0 saturated heterocycles. The van der Waals surface area contributed by atoms with Crippen molar-refractivity contribution in [1.29, 1.82) is 0 Å². The molecule has 3 rings (SSSR count). The van der Waals surface area contributed by atoms with Crippen LogP contribution in [0.5, 0.6) is 0 Å². The summed E-state index contributed by atoms with van der Waals surface area (Å²) in [5, 5.41) is 3.16. The number of hydrogen-bond donors (Lipinski definition) is 2. The van der Waals surface area contributed by atoms with E-state index in [2.05, 4.69) is 31.0 Å². The minimum absolute atomic E-state index is 0.223. The van der Waals surface area contributed by atoms with E-state index in [1.54, 1.807) is 36.7 Å². The molecule has 0 bridgehead atoms. The zero-order valence-electron chi connectivity index (χ0n) is 13.2. The SMILES string of the molecule is O=S(=O)(NCc1ccc(Br)cc1)c1ccc(Nc2cccnc2)cc1. The molecule has 0 amide bonds. The summed E-state index contributed by atoms with van der Waals surface area (Å²) in [7, 11) is -3.56. The summed E-state index contributed by atoms with van der Waals surface area (Å²) >= 11 is 3.35. The molecule has 7 heteroatoms. The number of hydrogen-bond acceptors (Lipinski definition) is 4. The molecule has 2 N–H and O–H groups in total. The van der Waals surface area contributed by atoms with Crippen LogP contribution in [0.2, 0.25) is 0 Å². The highest BCUT2D eigenvalue weighted by Crippen LogP contribution is 2.18. The van der Waals surface area contributed by atoms with Crippen LogP contribution in [0.4, 0.5) is 11.4 Å². The lowest BCUT2D eigenvalue weighted by Crippen LogP contribution is -2.23. The summed E-state index contributed by atoms with van der Waals surface area (Å²) in [5.74, 6) is 0. The number of anilines is 2. The quantitative estimate of drug-likeness (QED) is 0.633. The lowest BCUT2D eigenvalue weighted by molar-refractivity contribution is 0.581. The lowest BCUT2D eigenvalue weighted by Gasteiger charge is -2.09. The summed E-state index contributed by atoms with van der Waals surface area (Å²) < 4.78 is 28.3. The van der Waals surface area contributed by atoms with Gasteiger partial charge < -0.3 is 5.32 Å². The average Bonchev–Trinajstić information content (AvgIpc) is 2.63. The highest BCUT2D eigenvalue weighted by Gasteiger charge is 2.13. The predicted molar refractivity (Wildman–Crippen MR) is 102 cm³/mol. The fraction of sp³-hybridized carbons (Fsp3) is 0.0556. The Labute approximate surface area is 155 Å². The molecule has 25 heavy (non-hydrogen) atoms. The zero-order valence-corrected chi connectivity index (χ0v) is 15.6.